The fourth-order valence-electron chi connectivity index (χ4n) is 3.22. The molecule has 28 heavy (non-hydrogen) atoms. The van der Waals surface area contributed by atoms with Crippen LogP contribution in [0.1, 0.15) is 40.9 Å². The van der Waals surface area contributed by atoms with Crippen molar-refractivity contribution >= 4 is 23.1 Å². The lowest BCUT2D eigenvalue weighted by Crippen LogP contribution is -2.13. The second kappa shape index (κ2) is 6.41. The SMILES string of the molecule is CCOC(=O)c1nn2cc(-c3ccc(C)c(Cl)c3)[nH]c(=O)c2c1C1CC1(F)F. The van der Waals surface area contributed by atoms with Gasteiger partial charge in [-0.25, -0.2) is 18.1 Å². The maximum Gasteiger partial charge on any atom is 0.359 e. The number of halogens is 3. The fourth-order valence-corrected chi connectivity index (χ4v) is 3.40. The van der Waals surface area contributed by atoms with Crippen molar-refractivity contribution in [2.45, 2.75) is 32.1 Å². The van der Waals surface area contributed by atoms with Crippen LogP contribution >= 0.6 is 11.6 Å². The lowest BCUT2D eigenvalue weighted by atomic mass is 10.1. The number of rotatable bonds is 4. The molecule has 4 rings (SSSR count). The van der Waals surface area contributed by atoms with Gasteiger partial charge in [-0.15, -0.1) is 0 Å². The topological polar surface area (TPSA) is 76.5 Å². The number of nitrogens with one attached hydrogen (secondary N) is 1. The van der Waals surface area contributed by atoms with Crippen LogP contribution in [0.5, 0.6) is 0 Å². The average molecular weight is 408 g/mol. The van der Waals surface area contributed by atoms with E-state index in [4.69, 9.17) is 16.3 Å². The number of hydrogen-bond donors (Lipinski definition) is 1. The van der Waals surface area contributed by atoms with E-state index in [1.54, 1.807) is 25.1 Å². The van der Waals surface area contributed by atoms with Gasteiger partial charge >= 0.3 is 5.97 Å². The van der Waals surface area contributed by atoms with Crippen LogP contribution in [0.25, 0.3) is 16.8 Å². The molecule has 0 radical (unpaired) electrons. The summed E-state index contributed by atoms with van der Waals surface area (Å²) in [7, 11) is 0. The predicted octanol–water partition coefficient (Wildman–Crippen LogP) is 3.95. The van der Waals surface area contributed by atoms with E-state index >= 15 is 0 Å². The van der Waals surface area contributed by atoms with Crippen molar-refractivity contribution in [1.82, 2.24) is 14.6 Å². The minimum atomic E-state index is -2.97. The standard InChI is InChI=1S/C19H16ClF2N3O3/c1-3-28-18(27)15-14(11-7-19(11,21)22)16-17(26)23-13(8-25(16)24-15)10-5-4-9(2)12(20)6-10/h4-6,8,11H,3,7H2,1-2H3,(H,23,26). The number of alkyl halides is 2. The summed E-state index contributed by atoms with van der Waals surface area (Å²) in [6, 6.07) is 5.24. The molecule has 0 amide bonds. The number of carbonyl (C=O) groups excluding carboxylic acids is 1. The molecule has 6 nitrogen and oxygen atoms in total. The lowest BCUT2D eigenvalue weighted by molar-refractivity contribution is 0.0517. The van der Waals surface area contributed by atoms with Crippen molar-refractivity contribution in [3.05, 3.63) is 56.6 Å². The summed E-state index contributed by atoms with van der Waals surface area (Å²) in [6.07, 6.45) is 1.04. The fraction of sp³-hybridized carbons (Fsp3) is 0.316. The third kappa shape index (κ3) is 2.97. The smallest absolute Gasteiger partial charge is 0.359 e. The van der Waals surface area contributed by atoms with E-state index < -0.39 is 29.8 Å². The molecule has 146 valence electrons. The van der Waals surface area contributed by atoms with Gasteiger partial charge in [0.05, 0.1) is 24.4 Å². The molecule has 1 fully saturated rings. The van der Waals surface area contributed by atoms with Crippen LogP contribution in [0, 0.1) is 6.92 Å². The summed E-state index contributed by atoms with van der Waals surface area (Å²) in [6.45, 7) is 3.51. The molecule has 1 N–H and O–H groups in total. The zero-order chi connectivity index (χ0) is 20.2. The zero-order valence-electron chi connectivity index (χ0n) is 15.1. The van der Waals surface area contributed by atoms with E-state index in [9.17, 15) is 18.4 Å². The van der Waals surface area contributed by atoms with Crippen molar-refractivity contribution in [3.8, 4) is 11.3 Å². The second-order valence-electron chi connectivity index (χ2n) is 6.75. The molecular formula is C19H16ClF2N3O3. The number of aromatic nitrogens is 3. The van der Waals surface area contributed by atoms with E-state index in [-0.39, 0.29) is 23.4 Å². The highest BCUT2D eigenvalue weighted by Gasteiger charge is 2.60. The number of aromatic amines is 1. The number of fused-ring (bicyclic) bond motifs is 1. The summed E-state index contributed by atoms with van der Waals surface area (Å²) in [5.41, 5.74) is 0.872. The Kier molecular flexibility index (Phi) is 4.26. The highest BCUT2D eigenvalue weighted by Crippen LogP contribution is 2.57. The molecule has 1 aromatic carbocycles. The first-order valence-electron chi connectivity index (χ1n) is 8.70. The summed E-state index contributed by atoms with van der Waals surface area (Å²) in [5.74, 6) is -5.03. The molecular weight excluding hydrogens is 392 g/mol. The maximum atomic E-state index is 13.8. The number of nitrogens with zero attached hydrogens (tertiary/aromatic N) is 2. The van der Waals surface area contributed by atoms with Crippen LogP contribution < -0.4 is 5.56 Å². The van der Waals surface area contributed by atoms with Crippen molar-refractivity contribution in [2.24, 2.45) is 0 Å². The van der Waals surface area contributed by atoms with E-state index in [2.05, 4.69) is 10.1 Å². The number of hydrogen-bond acceptors (Lipinski definition) is 4. The Bertz CT molecular complexity index is 1170. The van der Waals surface area contributed by atoms with Crippen LogP contribution in [-0.2, 0) is 4.74 Å². The average Bonchev–Trinajstić information content (AvgIpc) is 3.09. The third-order valence-electron chi connectivity index (χ3n) is 4.79. The largest absolute Gasteiger partial charge is 0.461 e. The number of aryl methyl sites for hydroxylation is 1. The molecule has 1 atom stereocenters. The van der Waals surface area contributed by atoms with Crippen LogP contribution in [0.3, 0.4) is 0 Å². The highest BCUT2D eigenvalue weighted by molar-refractivity contribution is 6.31. The number of H-pyrrole nitrogens is 1. The minimum absolute atomic E-state index is 0.0661. The summed E-state index contributed by atoms with van der Waals surface area (Å²) in [5, 5.41) is 4.62. The van der Waals surface area contributed by atoms with Gasteiger partial charge in [-0.2, -0.15) is 5.10 Å². The van der Waals surface area contributed by atoms with Gasteiger partial charge < -0.3 is 9.72 Å². The van der Waals surface area contributed by atoms with Gasteiger partial charge in [0, 0.05) is 22.6 Å². The molecule has 1 unspecified atom stereocenters. The Morgan fingerprint density at radius 3 is 2.79 bits per heavy atom. The minimum Gasteiger partial charge on any atom is -0.461 e. The normalized spacial score (nSPS) is 17.7. The number of esters is 1. The van der Waals surface area contributed by atoms with Gasteiger partial charge in [-0.1, -0.05) is 23.7 Å². The first kappa shape index (κ1) is 18.6. The maximum absolute atomic E-state index is 13.8. The van der Waals surface area contributed by atoms with Gasteiger partial charge in [-0.05, 0) is 25.5 Å². The van der Waals surface area contributed by atoms with Crippen molar-refractivity contribution in [2.75, 3.05) is 6.61 Å². The molecule has 2 aromatic heterocycles. The van der Waals surface area contributed by atoms with Crippen molar-refractivity contribution < 1.29 is 18.3 Å². The summed E-state index contributed by atoms with van der Waals surface area (Å²) in [4.78, 5) is 27.7. The molecule has 9 heteroatoms. The monoisotopic (exact) mass is 407 g/mol. The molecule has 3 aromatic rings. The molecule has 0 saturated heterocycles. The van der Waals surface area contributed by atoms with Crippen LogP contribution in [0.4, 0.5) is 8.78 Å². The first-order valence-corrected chi connectivity index (χ1v) is 9.07. The Balaban J connectivity index is 1.92. The van der Waals surface area contributed by atoms with Crippen molar-refractivity contribution in [1.29, 1.82) is 0 Å². The van der Waals surface area contributed by atoms with Crippen LogP contribution in [0.2, 0.25) is 5.02 Å². The van der Waals surface area contributed by atoms with Gasteiger partial charge in [-0.3, -0.25) is 4.79 Å². The first-order chi connectivity index (χ1) is 13.2. The number of carbonyl (C=O) groups is 1. The van der Waals surface area contributed by atoms with Crippen LogP contribution in [-0.4, -0.2) is 33.1 Å². The lowest BCUT2D eigenvalue weighted by Gasteiger charge is -2.05. The van der Waals surface area contributed by atoms with Gasteiger partial charge in [0.25, 0.3) is 11.5 Å². The summed E-state index contributed by atoms with van der Waals surface area (Å²) < 4.78 is 33.6. The van der Waals surface area contributed by atoms with Gasteiger partial charge in [0.1, 0.15) is 5.52 Å². The van der Waals surface area contributed by atoms with Crippen LogP contribution in [0.15, 0.2) is 29.2 Å². The van der Waals surface area contributed by atoms with E-state index in [1.807, 2.05) is 6.92 Å². The Morgan fingerprint density at radius 1 is 1.46 bits per heavy atom. The molecule has 0 spiro atoms. The molecule has 2 heterocycles. The number of ether oxygens (including phenoxy) is 1. The van der Waals surface area contributed by atoms with E-state index in [0.717, 1.165) is 10.1 Å². The predicted molar refractivity (Wildman–Crippen MR) is 99.3 cm³/mol. The molecule has 1 aliphatic carbocycles. The molecule has 0 aliphatic heterocycles. The van der Waals surface area contributed by atoms with E-state index in [0.29, 0.717) is 16.3 Å². The molecule has 1 saturated carbocycles. The highest BCUT2D eigenvalue weighted by atomic mass is 35.5. The molecule has 0 bridgehead atoms. The molecule has 1 aliphatic rings. The Morgan fingerprint density at radius 2 is 2.18 bits per heavy atom. The Labute approximate surface area is 163 Å². The van der Waals surface area contributed by atoms with Gasteiger partial charge in [0.2, 0.25) is 0 Å². The Hall–Kier alpha value is -2.74. The number of benzene rings is 1. The zero-order valence-corrected chi connectivity index (χ0v) is 15.8. The second-order valence-corrected chi connectivity index (χ2v) is 7.16. The third-order valence-corrected chi connectivity index (χ3v) is 5.19. The van der Waals surface area contributed by atoms with Gasteiger partial charge in [0.15, 0.2) is 5.69 Å². The van der Waals surface area contributed by atoms with Crippen molar-refractivity contribution in [3.63, 3.8) is 0 Å². The summed E-state index contributed by atoms with van der Waals surface area (Å²) >= 11 is 6.15. The van der Waals surface area contributed by atoms with E-state index in [1.165, 1.54) is 6.20 Å². The quantitative estimate of drug-likeness (QED) is 0.664.